The van der Waals surface area contributed by atoms with Crippen LogP contribution in [0.2, 0.25) is 5.02 Å². The minimum Gasteiger partial charge on any atom is -0.478 e. The van der Waals surface area contributed by atoms with Gasteiger partial charge in [0.2, 0.25) is 0 Å². The lowest BCUT2D eigenvalue weighted by molar-refractivity contribution is -0.135. The summed E-state index contributed by atoms with van der Waals surface area (Å²) >= 11 is 5.64. The number of rotatable bonds is 5. The van der Waals surface area contributed by atoms with Gasteiger partial charge in [-0.15, -0.1) is 0 Å². The standard InChI is InChI=1S/C12H12ClF3N2O3/c13-7-2-3-9(8(6-7)10(19)20)18-11(21)17-5-1-4-12(14,15)16/h2-3,6H,1,4-5H2,(H,19,20)(H2,17,18,21). The molecule has 0 radical (unpaired) electrons. The van der Waals surface area contributed by atoms with Crippen molar-refractivity contribution in [1.82, 2.24) is 5.32 Å². The molecule has 0 aliphatic carbocycles. The van der Waals surface area contributed by atoms with E-state index in [4.69, 9.17) is 16.7 Å². The van der Waals surface area contributed by atoms with Crippen molar-refractivity contribution in [1.29, 1.82) is 0 Å². The van der Waals surface area contributed by atoms with E-state index in [1.807, 2.05) is 0 Å². The minimum absolute atomic E-state index is 0.000205. The summed E-state index contributed by atoms with van der Waals surface area (Å²) in [7, 11) is 0. The van der Waals surface area contributed by atoms with Gasteiger partial charge in [-0.2, -0.15) is 13.2 Å². The molecule has 1 aromatic carbocycles. The normalized spacial score (nSPS) is 11.0. The largest absolute Gasteiger partial charge is 0.478 e. The summed E-state index contributed by atoms with van der Waals surface area (Å²) in [6.07, 6.45) is -5.54. The molecule has 1 rings (SSSR count). The maximum absolute atomic E-state index is 11.9. The number of aromatic carboxylic acids is 1. The first-order valence-electron chi connectivity index (χ1n) is 5.83. The fourth-order valence-electron chi connectivity index (χ4n) is 1.46. The molecule has 1 aromatic rings. The third kappa shape index (κ3) is 6.35. The molecular weight excluding hydrogens is 313 g/mol. The van der Waals surface area contributed by atoms with Crippen LogP contribution >= 0.6 is 11.6 Å². The average molecular weight is 325 g/mol. The summed E-state index contributed by atoms with van der Waals surface area (Å²) in [5.74, 6) is -1.29. The van der Waals surface area contributed by atoms with Crippen molar-refractivity contribution in [3.05, 3.63) is 28.8 Å². The number of amides is 2. The van der Waals surface area contributed by atoms with E-state index in [9.17, 15) is 22.8 Å². The molecule has 21 heavy (non-hydrogen) atoms. The van der Waals surface area contributed by atoms with E-state index in [0.29, 0.717) is 0 Å². The van der Waals surface area contributed by atoms with Crippen molar-refractivity contribution in [3.63, 3.8) is 0 Å². The van der Waals surface area contributed by atoms with E-state index >= 15 is 0 Å². The highest BCUT2D eigenvalue weighted by Gasteiger charge is 2.26. The zero-order chi connectivity index (χ0) is 16.0. The van der Waals surface area contributed by atoms with Crippen LogP contribution in [0, 0.1) is 0 Å². The Morgan fingerprint density at radius 2 is 1.95 bits per heavy atom. The van der Waals surface area contributed by atoms with Crippen LogP contribution in [0.3, 0.4) is 0 Å². The van der Waals surface area contributed by atoms with Gasteiger partial charge < -0.3 is 15.7 Å². The zero-order valence-corrected chi connectivity index (χ0v) is 11.4. The number of nitrogens with one attached hydrogen (secondary N) is 2. The van der Waals surface area contributed by atoms with Crippen molar-refractivity contribution in [2.45, 2.75) is 19.0 Å². The van der Waals surface area contributed by atoms with Crippen LogP contribution in [0.15, 0.2) is 18.2 Å². The molecule has 0 fully saturated rings. The minimum atomic E-state index is -4.27. The van der Waals surface area contributed by atoms with Crippen LogP contribution in [-0.4, -0.2) is 29.8 Å². The summed E-state index contributed by atoms with van der Waals surface area (Å²) in [5.41, 5.74) is -0.215. The fourth-order valence-corrected chi connectivity index (χ4v) is 1.63. The van der Waals surface area contributed by atoms with Crippen LogP contribution in [-0.2, 0) is 0 Å². The first kappa shape index (κ1) is 17.1. The molecule has 2 amide bonds. The molecule has 3 N–H and O–H groups in total. The second kappa shape index (κ2) is 7.16. The Hall–Kier alpha value is -1.96. The number of benzene rings is 1. The van der Waals surface area contributed by atoms with Crippen LogP contribution < -0.4 is 10.6 Å². The van der Waals surface area contributed by atoms with Gasteiger partial charge in [-0.1, -0.05) is 11.6 Å². The molecule has 0 aliphatic rings. The lowest BCUT2D eigenvalue weighted by atomic mass is 10.2. The van der Waals surface area contributed by atoms with Gasteiger partial charge in [-0.3, -0.25) is 0 Å². The highest BCUT2D eigenvalue weighted by Crippen LogP contribution is 2.21. The maximum atomic E-state index is 11.9. The first-order valence-corrected chi connectivity index (χ1v) is 6.21. The molecule has 0 saturated heterocycles. The SMILES string of the molecule is O=C(NCCCC(F)(F)F)Nc1ccc(Cl)cc1C(=O)O. The van der Waals surface area contributed by atoms with Gasteiger partial charge in [0, 0.05) is 18.0 Å². The maximum Gasteiger partial charge on any atom is 0.389 e. The summed E-state index contributed by atoms with van der Waals surface area (Å²) in [5, 5.41) is 13.6. The summed E-state index contributed by atoms with van der Waals surface area (Å²) in [4.78, 5) is 22.4. The monoisotopic (exact) mass is 324 g/mol. The number of urea groups is 1. The molecule has 0 heterocycles. The lowest BCUT2D eigenvalue weighted by Gasteiger charge is -2.11. The molecule has 0 spiro atoms. The fraction of sp³-hybridized carbons (Fsp3) is 0.333. The molecule has 5 nitrogen and oxygen atoms in total. The van der Waals surface area contributed by atoms with Crippen LogP contribution in [0.5, 0.6) is 0 Å². The number of carbonyl (C=O) groups is 2. The number of carboxylic acids is 1. The van der Waals surface area contributed by atoms with Gasteiger partial charge in [-0.25, -0.2) is 9.59 Å². The van der Waals surface area contributed by atoms with E-state index in [1.54, 1.807) is 0 Å². The average Bonchev–Trinajstić information content (AvgIpc) is 2.35. The Labute approximate surface area is 123 Å². The molecule has 0 atom stereocenters. The second-order valence-corrected chi connectivity index (χ2v) is 4.53. The number of anilines is 1. The third-order valence-electron chi connectivity index (χ3n) is 2.38. The quantitative estimate of drug-likeness (QED) is 0.725. The van der Waals surface area contributed by atoms with E-state index < -0.39 is 24.6 Å². The highest BCUT2D eigenvalue weighted by molar-refractivity contribution is 6.31. The van der Waals surface area contributed by atoms with E-state index in [-0.39, 0.29) is 29.2 Å². The van der Waals surface area contributed by atoms with Crippen LogP contribution in [0.1, 0.15) is 23.2 Å². The topological polar surface area (TPSA) is 78.4 Å². The molecule has 0 bridgehead atoms. The van der Waals surface area contributed by atoms with Crippen LogP contribution in [0.4, 0.5) is 23.7 Å². The summed E-state index contributed by atoms with van der Waals surface area (Å²) < 4.78 is 35.7. The predicted molar refractivity (Wildman–Crippen MR) is 70.7 cm³/mol. The smallest absolute Gasteiger partial charge is 0.389 e. The Kier molecular flexibility index (Phi) is 5.83. The Morgan fingerprint density at radius 3 is 2.52 bits per heavy atom. The van der Waals surface area contributed by atoms with Crippen LogP contribution in [0.25, 0.3) is 0 Å². The first-order chi connectivity index (χ1) is 9.69. The van der Waals surface area contributed by atoms with E-state index in [0.717, 1.165) is 6.07 Å². The van der Waals surface area contributed by atoms with Gasteiger partial charge in [-0.05, 0) is 24.6 Å². The number of alkyl halides is 3. The summed E-state index contributed by atoms with van der Waals surface area (Å²) in [6.45, 7) is -0.179. The van der Waals surface area contributed by atoms with Crippen molar-refractivity contribution in [3.8, 4) is 0 Å². The van der Waals surface area contributed by atoms with Gasteiger partial charge >= 0.3 is 18.2 Å². The zero-order valence-electron chi connectivity index (χ0n) is 10.6. The highest BCUT2D eigenvalue weighted by atomic mass is 35.5. The second-order valence-electron chi connectivity index (χ2n) is 4.09. The van der Waals surface area contributed by atoms with Gasteiger partial charge in [0.15, 0.2) is 0 Å². The number of carbonyl (C=O) groups excluding carboxylic acids is 1. The number of hydrogen-bond acceptors (Lipinski definition) is 2. The van der Waals surface area contributed by atoms with E-state index in [1.165, 1.54) is 12.1 Å². The Bertz CT molecular complexity index is 535. The Balaban J connectivity index is 2.54. The molecule has 0 aliphatic heterocycles. The van der Waals surface area contributed by atoms with Gasteiger partial charge in [0.05, 0.1) is 11.3 Å². The third-order valence-corrected chi connectivity index (χ3v) is 2.62. The number of halogens is 4. The van der Waals surface area contributed by atoms with Crippen molar-refractivity contribution >= 4 is 29.3 Å². The molecule has 0 aromatic heterocycles. The molecule has 9 heteroatoms. The van der Waals surface area contributed by atoms with Crippen molar-refractivity contribution in [2.24, 2.45) is 0 Å². The molecule has 0 unspecified atom stereocenters. The molecule has 0 saturated carbocycles. The van der Waals surface area contributed by atoms with Gasteiger partial charge in [0.1, 0.15) is 0 Å². The van der Waals surface area contributed by atoms with Crippen molar-refractivity contribution in [2.75, 3.05) is 11.9 Å². The number of hydrogen-bond donors (Lipinski definition) is 3. The summed E-state index contributed by atoms with van der Waals surface area (Å²) in [6, 6.07) is 3.04. The number of carboxylic acid groups (broad SMARTS) is 1. The Morgan fingerprint density at radius 1 is 1.29 bits per heavy atom. The predicted octanol–water partition coefficient (Wildman–Crippen LogP) is 3.50. The molecule has 116 valence electrons. The van der Waals surface area contributed by atoms with Gasteiger partial charge in [0.25, 0.3) is 0 Å². The lowest BCUT2D eigenvalue weighted by Crippen LogP contribution is -2.30. The van der Waals surface area contributed by atoms with E-state index in [2.05, 4.69) is 10.6 Å². The molecular formula is C12H12ClF3N2O3. The van der Waals surface area contributed by atoms with Crippen molar-refractivity contribution < 1.29 is 27.9 Å².